The fraction of sp³-hybridized carbons (Fsp3) is 0.350. The molecule has 1 aliphatic rings. The van der Waals surface area contributed by atoms with Crippen molar-refractivity contribution in [1.82, 2.24) is 5.32 Å². The lowest BCUT2D eigenvalue weighted by Gasteiger charge is -2.19. The van der Waals surface area contributed by atoms with Crippen molar-refractivity contribution in [2.75, 3.05) is 18.9 Å². The van der Waals surface area contributed by atoms with E-state index in [-0.39, 0.29) is 28.6 Å². The zero-order chi connectivity index (χ0) is 18.6. The first-order valence-electron chi connectivity index (χ1n) is 8.79. The molecule has 6 heteroatoms. The Morgan fingerprint density at radius 3 is 2.65 bits per heavy atom. The summed E-state index contributed by atoms with van der Waals surface area (Å²) in [4.78, 5) is 12.6. The number of sulfone groups is 1. The van der Waals surface area contributed by atoms with Crippen molar-refractivity contribution in [2.24, 2.45) is 5.92 Å². The molecule has 1 heterocycles. The summed E-state index contributed by atoms with van der Waals surface area (Å²) in [5, 5.41) is 2.92. The molecule has 0 aliphatic carbocycles. The number of nitrogens with one attached hydrogen (secondary N) is 1. The van der Waals surface area contributed by atoms with Gasteiger partial charge in [0.25, 0.3) is 5.91 Å². The second kappa shape index (κ2) is 8.01. The van der Waals surface area contributed by atoms with Crippen molar-refractivity contribution in [3.05, 3.63) is 65.7 Å². The minimum atomic E-state index is -3.33. The van der Waals surface area contributed by atoms with Gasteiger partial charge < -0.3 is 10.1 Å². The van der Waals surface area contributed by atoms with Gasteiger partial charge in [-0.25, -0.2) is 8.42 Å². The lowest BCUT2D eigenvalue weighted by molar-refractivity contribution is 0.0846. The minimum Gasteiger partial charge on any atom is -0.373 e. The first kappa shape index (κ1) is 18.6. The van der Waals surface area contributed by atoms with Crippen LogP contribution in [0.1, 0.15) is 35.4 Å². The minimum absolute atomic E-state index is 0.0102. The number of benzene rings is 2. The molecule has 5 nitrogen and oxygen atoms in total. The number of rotatable bonds is 6. The van der Waals surface area contributed by atoms with Gasteiger partial charge in [-0.05, 0) is 30.2 Å². The van der Waals surface area contributed by atoms with E-state index < -0.39 is 9.84 Å². The normalized spacial score (nSPS) is 20.0. The predicted octanol–water partition coefficient (Wildman–Crippen LogP) is 2.99. The standard InChI is InChI=1S/C20H23NO4S/c1-2-26(23,24)18-10-6-9-16(13-18)20(22)21-14-17-11-12-25-19(17)15-7-4-3-5-8-15/h3-10,13,17,19H,2,11-12,14H2,1H3,(H,21,22)/t17-,19-/m0/s1. The van der Waals surface area contributed by atoms with Crippen LogP contribution < -0.4 is 5.32 Å². The van der Waals surface area contributed by atoms with Crippen molar-refractivity contribution in [2.45, 2.75) is 24.3 Å². The van der Waals surface area contributed by atoms with Crippen LogP contribution in [0.5, 0.6) is 0 Å². The largest absolute Gasteiger partial charge is 0.373 e. The molecule has 0 bridgehead atoms. The number of hydrogen-bond acceptors (Lipinski definition) is 4. The molecule has 2 aromatic carbocycles. The molecular formula is C20H23NO4S. The van der Waals surface area contributed by atoms with E-state index in [1.165, 1.54) is 12.1 Å². The van der Waals surface area contributed by atoms with Crippen LogP contribution in [0.25, 0.3) is 0 Å². The third kappa shape index (κ3) is 4.14. The smallest absolute Gasteiger partial charge is 0.251 e. The molecule has 0 unspecified atom stereocenters. The monoisotopic (exact) mass is 373 g/mol. The molecule has 1 saturated heterocycles. The lowest BCUT2D eigenvalue weighted by atomic mass is 9.95. The van der Waals surface area contributed by atoms with Crippen LogP contribution in [0.2, 0.25) is 0 Å². The first-order valence-corrected chi connectivity index (χ1v) is 10.4. The summed E-state index contributed by atoms with van der Waals surface area (Å²) in [5.41, 5.74) is 1.47. The van der Waals surface area contributed by atoms with Crippen LogP contribution in [0.15, 0.2) is 59.5 Å². The summed E-state index contributed by atoms with van der Waals surface area (Å²) in [7, 11) is -3.33. The van der Waals surface area contributed by atoms with E-state index in [0.717, 1.165) is 12.0 Å². The van der Waals surface area contributed by atoms with Crippen LogP contribution >= 0.6 is 0 Å². The van der Waals surface area contributed by atoms with Crippen LogP contribution in [-0.4, -0.2) is 33.2 Å². The van der Waals surface area contributed by atoms with Crippen molar-refractivity contribution in [3.63, 3.8) is 0 Å². The maximum absolute atomic E-state index is 12.5. The average molecular weight is 373 g/mol. The highest BCUT2D eigenvalue weighted by Gasteiger charge is 2.29. The van der Waals surface area contributed by atoms with Crippen LogP contribution in [0.3, 0.4) is 0 Å². The molecular weight excluding hydrogens is 350 g/mol. The van der Waals surface area contributed by atoms with E-state index in [9.17, 15) is 13.2 Å². The molecule has 138 valence electrons. The topological polar surface area (TPSA) is 72.5 Å². The molecule has 3 rings (SSSR count). The average Bonchev–Trinajstić information content (AvgIpc) is 3.15. The Bertz CT molecular complexity index is 864. The molecule has 0 aromatic heterocycles. The first-order chi connectivity index (χ1) is 12.5. The number of carbonyl (C=O) groups excluding carboxylic acids is 1. The van der Waals surface area contributed by atoms with Gasteiger partial charge in [0, 0.05) is 24.6 Å². The Morgan fingerprint density at radius 2 is 1.92 bits per heavy atom. The van der Waals surface area contributed by atoms with Gasteiger partial charge in [0.1, 0.15) is 0 Å². The lowest BCUT2D eigenvalue weighted by Crippen LogP contribution is -2.30. The third-order valence-electron chi connectivity index (χ3n) is 4.70. The van der Waals surface area contributed by atoms with Gasteiger partial charge in [0.15, 0.2) is 9.84 Å². The van der Waals surface area contributed by atoms with Crippen LogP contribution in [0, 0.1) is 5.92 Å². The van der Waals surface area contributed by atoms with E-state index in [4.69, 9.17) is 4.74 Å². The molecule has 2 aromatic rings. The molecule has 26 heavy (non-hydrogen) atoms. The number of carbonyl (C=O) groups is 1. The summed E-state index contributed by atoms with van der Waals surface area (Å²) in [6.45, 7) is 2.75. The molecule has 0 radical (unpaired) electrons. The Balaban J connectivity index is 1.66. The maximum atomic E-state index is 12.5. The summed E-state index contributed by atoms with van der Waals surface area (Å²) in [6, 6.07) is 16.2. The number of amides is 1. The number of hydrogen-bond donors (Lipinski definition) is 1. The van der Waals surface area contributed by atoms with Crippen molar-refractivity contribution in [3.8, 4) is 0 Å². The summed E-state index contributed by atoms with van der Waals surface area (Å²) in [6.07, 6.45) is 0.854. The second-order valence-corrected chi connectivity index (χ2v) is 8.67. The number of ether oxygens (including phenoxy) is 1. The van der Waals surface area contributed by atoms with Crippen molar-refractivity contribution >= 4 is 15.7 Å². The quantitative estimate of drug-likeness (QED) is 0.845. The molecule has 1 amide bonds. The molecule has 1 aliphatic heterocycles. The Hall–Kier alpha value is -2.18. The van der Waals surface area contributed by atoms with Gasteiger partial charge in [-0.3, -0.25) is 4.79 Å². The van der Waals surface area contributed by atoms with Gasteiger partial charge >= 0.3 is 0 Å². The van der Waals surface area contributed by atoms with E-state index in [0.29, 0.717) is 18.7 Å². The molecule has 0 spiro atoms. The zero-order valence-corrected chi connectivity index (χ0v) is 15.5. The zero-order valence-electron chi connectivity index (χ0n) is 14.7. The fourth-order valence-corrected chi connectivity index (χ4v) is 4.10. The van der Waals surface area contributed by atoms with Crippen LogP contribution in [-0.2, 0) is 14.6 Å². The summed E-state index contributed by atoms with van der Waals surface area (Å²) in [5.74, 6) is -0.0586. The fourth-order valence-electron chi connectivity index (χ4n) is 3.18. The van der Waals surface area contributed by atoms with E-state index in [2.05, 4.69) is 5.32 Å². The molecule has 2 atom stereocenters. The highest BCUT2D eigenvalue weighted by Crippen LogP contribution is 2.33. The highest BCUT2D eigenvalue weighted by atomic mass is 32.2. The highest BCUT2D eigenvalue weighted by molar-refractivity contribution is 7.91. The summed E-state index contributed by atoms with van der Waals surface area (Å²) >= 11 is 0. The second-order valence-electron chi connectivity index (χ2n) is 6.39. The summed E-state index contributed by atoms with van der Waals surface area (Å²) < 4.78 is 29.8. The van der Waals surface area contributed by atoms with E-state index >= 15 is 0 Å². The molecule has 0 saturated carbocycles. The Kier molecular flexibility index (Phi) is 5.74. The van der Waals surface area contributed by atoms with Crippen molar-refractivity contribution < 1.29 is 17.9 Å². The predicted molar refractivity (Wildman–Crippen MR) is 99.7 cm³/mol. The van der Waals surface area contributed by atoms with Gasteiger partial charge in [-0.2, -0.15) is 0 Å². The maximum Gasteiger partial charge on any atom is 0.251 e. The van der Waals surface area contributed by atoms with E-state index in [1.807, 2.05) is 30.3 Å². The van der Waals surface area contributed by atoms with Crippen molar-refractivity contribution in [1.29, 1.82) is 0 Å². The SMILES string of the molecule is CCS(=O)(=O)c1cccc(C(=O)NC[C@@H]2CCO[C@H]2c2ccccc2)c1. The molecule has 1 fully saturated rings. The van der Waals surface area contributed by atoms with Gasteiger partial charge in [0.05, 0.1) is 16.8 Å². The Labute approximate surface area is 154 Å². The van der Waals surface area contributed by atoms with Gasteiger partial charge in [-0.15, -0.1) is 0 Å². The molecule has 1 N–H and O–H groups in total. The van der Waals surface area contributed by atoms with E-state index in [1.54, 1.807) is 19.1 Å². The van der Waals surface area contributed by atoms with Gasteiger partial charge in [0.2, 0.25) is 0 Å². The van der Waals surface area contributed by atoms with Gasteiger partial charge in [-0.1, -0.05) is 43.3 Å². The third-order valence-corrected chi connectivity index (χ3v) is 6.43. The van der Waals surface area contributed by atoms with Crippen LogP contribution in [0.4, 0.5) is 0 Å². The Morgan fingerprint density at radius 1 is 1.15 bits per heavy atom.